The van der Waals surface area contributed by atoms with Crippen LogP contribution in [-0.2, 0) is 0 Å². The van der Waals surface area contributed by atoms with Gasteiger partial charge in [-0.05, 0) is 24.3 Å². The molecule has 4 heterocycles. The average molecular weight is 370 g/mol. The lowest BCUT2D eigenvalue weighted by Gasteiger charge is -2.32. The first kappa shape index (κ1) is 16.4. The maximum atomic E-state index is 13.6. The number of nitrogens with one attached hydrogen (secondary N) is 1. The molecule has 134 valence electrons. The zero-order valence-corrected chi connectivity index (χ0v) is 14.1. The smallest absolute Gasteiger partial charge is 0.363 e. The molecule has 0 unspecified atom stereocenters. The Hall–Kier alpha value is -2.03. The van der Waals surface area contributed by atoms with Gasteiger partial charge in [0.15, 0.2) is 11.7 Å². The molecule has 2 aliphatic rings. The first-order chi connectivity index (χ1) is 11.9. The molecule has 0 spiro atoms. The molecule has 1 N–H and O–H groups in total. The van der Waals surface area contributed by atoms with Gasteiger partial charge in [-0.2, -0.15) is 18.3 Å². The zero-order valence-electron chi connectivity index (χ0n) is 13.3. The third-order valence-corrected chi connectivity index (χ3v) is 5.67. The first-order valence-electron chi connectivity index (χ1n) is 8.19. The number of nitrogens with zero attached hydrogens (tertiary/aromatic N) is 3. The fourth-order valence-electron chi connectivity index (χ4n) is 3.44. The minimum Gasteiger partial charge on any atom is -0.363 e. The van der Waals surface area contributed by atoms with Crippen molar-refractivity contribution in [1.82, 2.24) is 14.7 Å². The Balaban J connectivity index is 1.68. The molecular formula is C16H17F3N4OS. The van der Waals surface area contributed by atoms with Gasteiger partial charge in [-0.15, -0.1) is 11.3 Å². The Morgan fingerprint density at radius 2 is 2.08 bits per heavy atom. The standard InChI is InChI=1S/C16H17F3N4OS/c17-16(18,19)13-8-10(12-4-3-7-25-12)20-14-9-11(21-23(13)14)15(24)22-5-1-2-6-22/h3-4,7,9-10,13,20H,1-2,5-6,8H2/t10-,13-/m1/s1. The summed E-state index contributed by atoms with van der Waals surface area (Å²) in [5.74, 6) is -0.0516. The largest absolute Gasteiger partial charge is 0.410 e. The number of carbonyl (C=O) groups excluding carboxylic acids is 1. The van der Waals surface area contributed by atoms with Gasteiger partial charge in [-0.25, -0.2) is 4.68 Å². The fraction of sp³-hybridized carbons (Fsp3) is 0.500. The quantitative estimate of drug-likeness (QED) is 0.874. The summed E-state index contributed by atoms with van der Waals surface area (Å²) in [5.41, 5.74) is 0.0745. The molecule has 2 aromatic rings. The Kier molecular flexibility index (Phi) is 3.98. The van der Waals surface area contributed by atoms with Crippen LogP contribution in [0.25, 0.3) is 0 Å². The van der Waals surface area contributed by atoms with Gasteiger partial charge in [-0.3, -0.25) is 4.79 Å². The molecule has 1 saturated heterocycles. The summed E-state index contributed by atoms with van der Waals surface area (Å²) < 4.78 is 41.6. The number of hydrogen-bond acceptors (Lipinski definition) is 4. The lowest BCUT2D eigenvalue weighted by atomic mass is 10.0. The highest BCUT2D eigenvalue weighted by Crippen LogP contribution is 2.44. The second kappa shape index (κ2) is 6.05. The maximum absolute atomic E-state index is 13.6. The van der Waals surface area contributed by atoms with Crippen LogP contribution in [0, 0.1) is 0 Å². The number of hydrogen-bond donors (Lipinski definition) is 1. The van der Waals surface area contributed by atoms with Gasteiger partial charge in [0, 0.05) is 30.5 Å². The molecule has 2 aliphatic heterocycles. The third kappa shape index (κ3) is 3.01. The number of thiophene rings is 1. The van der Waals surface area contributed by atoms with E-state index in [1.165, 1.54) is 17.4 Å². The van der Waals surface area contributed by atoms with Crippen molar-refractivity contribution in [3.05, 3.63) is 34.2 Å². The van der Waals surface area contributed by atoms with Crippen molar-refractivity contribution in [3.8, 4) is 0 Å². The molecule has 0 radical (unpaired) electrons. The van der Waals surface area contributed by atoms with Crippen LogP contribution in [-0.4, -0.2) is 39.9 Å². The maximum Gasteiger partial charge on any atom is 0.410 e. The van der Waals surface area contributed by atoms with Crippen molar-refractivity contribution >= 4 is 23.1 Å². The van der Waals surface area contributed by atoms with Gasteiger partial charge in [0.25, 0.3) is 5.91 Å². The van der Waals surface area contributed by atoms with Crippen molar-refractivity contribution in [1.29, 1.82) is 0 Å². The Bertz CT molecular complexity index is 765. The predicted octanol–water partition coefficient (Wildman–Crippen LogP) is 3.84. The highest BCUT2D eigenvalue weighted by atomic mass is 32.1. The highest BCUT2D eigenvalue weighted by molar-refractivity contribution is 7.10. The van der Waals surface area contributed by atoms with Crippen LogP contribution in [0.1, 0.15) is 46.7 Å². The molecule has 0 saturated carbocycles. The van der Waals surface area contributed by atoms with Gasteiger partial charge >= 0.3 is 6.18 Å². The summed E-state index contributed by atoms with van der Waals surface area (Å²) in [4.78, 5) is 15.0. The van der Waals surface area contributed by atoms with E-state index in [0.29, 0.717) is 13.1 Å². The molecule has 0 bridgehead atoms. The molecule has 0 aliphatic carbocycles. The molecule has 2 aromatic heterocycles. The van der Waals surface area contributed by atoms with Crippen molar-refractivity contribution < 1.29 is 18.0 Å². The van der Waals surface area contributed by atoms with Crippen molar-refractivity contribution in [2.45, 2.75) is 37.5 Å². The summed E-state index contributed by atoms with van der Waals surface area (Å²) in [6.45, 7) is 1.27. The molecular weight excluding hydrogens is 353 g/mol. The van der Waals surface area contributed by atoms with Crippen LogP contribution in [0.5, 0.6) is 0 Å². The molecule has 0 aromatic carbocycles. The lowest BCUT2D eigenvalue weighted by Crippen LogP contribution is -2.35. The topological polar surface area (TPSA) is 50.2 Å². The number of carbonyl (C=O) groups is 1. The molecule has 1 amide bonds. The number of amides is 1. The van der Waals surface area contributed by atoms with E-state index in [9.17, 15) is 18.0 Å². The van der Waals surface area contributed by atoms with E-state index in [-0.39, 0.29) is 23.8 Å². The molecule has 25 heavy (non-hydrogen) atoms. The molecule has 5 nitrogen and oxygen atoms in total. The van der Waals surface area contributed by atoms with Crippen LogP contribution >= 0.6 is 11.3 Å². The summed E-state index contributed by atoms with van der Waals surface area (Å²) in [7, 11) is 0. The number of likely N-dealkylation sites (tertiary alicyclic amines) is 1. The third-order valence-electron chi connectivity index (χ3n) is 4.69. The van der Waals surface area contributed by atoms with Crippen LogP contribution in [0.2, 0.25) is 0 Å². The molecule has 4 rings (SSSR count). The number of alkyl halides is 3. The van der Waals surface area contributed by atoms with Crippen molar-refractivity contribution in [2.75, 3.05) is 18.4 Å². The monoisotopic (exact) mass is 370 g/mol. The van der Waals surface area contributed by atoms with Crippen LogP contribution in [0.4, 0.5) is 19.0 Å². The van der Waals surface area contributed by atoms with E-state index in [1.54, 1.807) is 4.90 Å². The molecule has 9 heteroatoms. The van der Waals surface area contributed by atoms with E-state index in [4.69, 9.17) is 0 Å². The number of rotatable bonds is 2. The highest BCUT2D eigenvalue weighted by Gasteiger charge is 2.47. The zero-order chi connectivity index (χ0) is 17.6. The van der Waals surface area contributed by atoms with E-state index in [1.807, 2.05) is 17.5 Å². The Morgan fingerprint density at radius 1 is 1.32 bits per heavy atom. The van der Waals surface area contributed by atoms with Gasteiger partial charge in [0.2, 0.25) is 0 Å². The van der Waals surface area contributed by atoms with Crippen LogP contribution in [0.15, 0.2) is 23.6 Å². The van der Waals surface area contributed by atoms with Gasteiger partial charge < -0.3 is 10.2 Å². The van der Waals surface area contributed by atoms with Gasteiger partial charge in [0.05, 0.1) is 6.04 Å². The summed E-state index contributed by atoms with van der Waals surface area (Å²) >= 11 is 1.42. The first-order valence-corrected chi connectivity index (χ1v) is 9.07. The lowest BCUT2D eigenvalue weighted by molar-refractivity contribution is -0.173. The Labute approximate surface area is 146 Å². The number of halogens is 3. The number of fused-ring (bicyclic) bond motifs is 1. The van der Waals surface area contributed by atoms with Crippen LogP contribution < -0.4 is 5.32 Å². The Morgan fingerprint density at radius 3 is 2.72 bits per heavy atom. The second-order valence-electron chi connectivity index (χ2n) is 6.36. The summed E-state index contributed by atoms with van der Waals surface area (Å²) in [5, 5.41) is 8.95. The van der Waals surface area contributed by atoms with E-state index in [0.717, 1.165) is 22.4 Å². The summed E-state index contributed by atoms with van der Waals surface area (Å²) in [6, 6.07) is 2.90. The van der Waals surface area contributed by atoms with Gasteiger partial charge in [0.1, 0.15) is 5.82 Å². The minimum atomic E-state index is -4.42. The van der Waals surface area contributed by atoms with E-state index < -0.39 is 18.3 Å². The van der Waals surface area contributed by atoms with Gasteiger partial charge in [-0.1, -0.05) is 6.07 Å². The van der Waals surface area contributed by atoms with E-state index >= 15 is 0 Å². The summed E-state index contributed by atoms with van der Waals surface area (Å²) in [6.07, 6.45) is -2.73. The van der Waals surface area contributed by atoms with Crippen LogP contribution in [0.3, 0.4) is 0 Å². The van der Waals surface area contributed by atoms with E-state index in [2.05, 4.69) is 10.4 Å². The minimum absolute atomic E-state index is 0.0745. The normalized spacial score (nSPS) is 23.4. The van der Waals surface area contributed by atoms with Crippen molar-refractivity contribution in [2.24, 2.45) is 0 Å². The SMILES string of the molecule is O=C(c1cc2n(n1)[C@@H](C(F)(F)F)C[C@H](c1cccs1)N2)N1CCCC1. The number of aromatic nitrogens is 2. The number of anilines is 1. The second-order valence-corrected chi connectivity index (χ2v) is 7.34. The average Bonchev–Trinajstić information content (AvgIpc) is 3.32. The predicted molar refractivity (Wildman–Crippen MR) is 87.8 cm³/mol. The van der Waals surface area contributed by atoms with Crippen molar-refractivity contribution in [3.63, 3.8) is 0 Å². The fourth-order valence-corrected chi connectivity index (χ4v) is 4.23. The molecule has 1 fully saturated rings. The molecule has 2 atom stereocenters.